The Bertz CT molecular complexity index is 203. The third-order valence-corrected chi connectivity index (χ3v) is 1.70. The standard InChI is InChI=1S/C9H15NO/c1-6(2)8-9(7(3)4)11-5-10-8/h5-7H,1-4H3. The topological polar surface area (TPSA) is 26.0 Å². The lowest BCUT2D eigenvalue weighted by molar-refractivity contribution is 0.476. The van der Waals surface area contributed by atoms with Crippen LogP contribution in [-0.4, -0.2) is 4.98 Å². The maximum atomic E-state index is 5.28. The van der Waals surface area contributed by atoms with Crippen LogP contribution in [0.2, 0.25) is 0 Å². The van der Waals surface area contributed by atoms with Crippen molar-refractivity contribution in [1.29, 1.82) is 0 Å². The summed E-state index contributed by atoms with van der Waals surface area (Å²) in [6.07, 6.45) is 1.53. The molecule has 2 heteroatoms. The van der Waals surface area contributed by atoms with Gasteiger partial charge in [0.05, 0.1) is 5.69 Å². The van der Waals surface area contributed by atoms with Crippen LogP contribution in [0.15, 0.2) is 10.8 Å². The Labute approximate surface area is 67.6 Å². The molecule has 1 heterocycles. The zero-order valence-corrected chi connectivity index (χ0v) is 7.59. The van der Waals surface area contributed by atoms with Gasteiger partial charge in [-0.1, -0.05) is 27.7 Å². The van der Waals surface area contributed by atoms with E-state index in [0.29, 0.717) is 11.8 Å². The Morgan fingerprint density at radius 1 is 1.18 bits per heavy atom. The molecule has 0 atom stereocenters. The lowest BCUT2D eigenvalue weighted by Crippen LogP contribution is -1.95. The molecule has 0 fully saturated rings. The van der Waals surface area contributed by atoms with Crippen LogP contribution in [-0.2, 0) is 0 Å². The minimum Gasteiger partial charge on any atom is -0.448 e. The molecular weight excluding hydrogens is 138 g/mol. The van der Waals surface area contributed by atoms with Crippen LogP contribution in [0.3, 0.4) is 0 Å². The fourth-order valence-electron chi connectivity index (χ4n) is 1.13. The van der Waals surface area contributed by atoms with Crippen molar-refractivity contribution >= 4 is 0 Å². The molecule has 0 bridgehead atoms. The van der Waals surface area contributed by atoms with Crippen molar-refractivity contribution in [3.8, 4) is 0 Å². The second kappa shape index (κ2) is 3.07. The van der Waals surface area contributed by atoms with E-state index in [9.17, 15) is 0 Å². The third-order valence-electron chi connectivity index (χ3n) is 1.70. The van der Waals surface area contributed by atoms with Crippen LogP contribution < -0.4 is 0 Å². The summed E-state index contributed by atoms with van der Waals surface area (Å²) in [5.41, 5.74) is 1.10. The second-order valence-corrected chi connectivity index (χ2v) is 3.41. The molecule has 11 heavy (non-hydrogen) atoms. The van der Waals surface area contributed by atoms with E-state index in [0.717, 1.165) is 11.5 Å². The number of aromatic nitrogens is 1. The van der Waals surface area contributed by atoms with E-state index in [4.69, 9.17) is 4.42 Å². The van der Waals surface area contributed by atoms with Crippen LogP contribution in [0.4, 0.5) is 0 Å². The monoisotopic (exact) mass is 153 g/mol. The van der Waals surface area contributed by atoms with E-state index in [1.165, 1.54) is 6.39 Å². The minimum atomic E-state index is 0.440. The molecule has 2 nitrogen and oxygen atoms in total. The molecule has 0 aliphatic rings. The van der Waals surface area contributed by atoms with Gasteiger partial charge in [0.25, 0.3) is 0 Å². The summed E-state index contributed by atoms with van der Waals surface area (Å²) in [7, 11) is 0. The molecule has 0 aromatic carbocycles. The Balaban J connectivity index is 2.96. The number of nitrogens with zero attached hydrogens (tertiary/aromatic N) is 1. The maximum absolute atomic E-state index is 5.28. The summed E-state index contributed by atoms with van der Waals surface area (Å²) in [6, 6.07) is 0. The molecule has 0 unspecified atom stereocenters. The highest BCUT2D eigenvalue weighted by molar-refractivity contribution is 5.14. The van der Waals surface area contributed by atoms with Gasteiger partial charge in [0.15, 0.2) is 6.39 Å². The van der Waals surface area contributed by atoms with Crippen molar-refractivity contribution in [3.63, 3.8) is 0 Å². The van der Waals surface area contributed by atoms with Crippen LogP contribution in [0.1, 0.15) is 51.0 Å². The van der Waals surface area contributed by atoms with Gasteiger partial charge in [0.2, 0.25) is 0 Å². The van der Waals surface area contributed by atoms with Gasteiger partial charge in [-0.2, -0.15) is 0 Å². The highest BCUT2D eigenvalue weighted by atomic mass is 16.3. The van der Waals surface area contributed by atoms with Gasteiger partial charge >= 0.3 is 0 Å². The quantitative estimate of drug-likeness (QED) is 0.653. The Kier molecular flexibility index (Phi) is 2.32. The predicted molar refractivity (Wildman–Crippen MR) is 44.7 cm³/mol. The second-order valence-electron chi connectivity index (χ2n) is 3.41. The highest BCUT2D eigenvalue weighted by Gasteiger charge is 2.13. The van der Waals surface area contributed by atoms with Crippen LogP contribution in [0.5, 0.6) is 0 Å². The number of oxazole rings is 1. The summed E-state index contributed by atoms with van der Waals surface area (Å²) in [5.74, 6) is 1.93. The van der Waals surface area contributed by atoms with Crippen molar-refractivity contribution in [2.24, 2.45) is 0 Å². The number of hydrogen-bond donors (Lipinski definition) is 0. The third kappa shape index (κ3) is 1.62. The van der Waals surface area contributed by atoms with E-state index in [-0.39, 0.29) is 0 Å². The Hall–Kier alpha value is -0.790. The SMILES string of the molecule is CC(C)c1ncoc1C(C)C. The summed E-state index contributed by atoms with van der Waals surface area (Å²) in [5, 5.41) is 0. The molecular formula is C9H15NO. The van der Waals surface area contributed by atoms with Crippen molar-refractivity contribution in [1.82, 2.24) is 4.98 Å². The van der Waals surface area contributed by atoms with E-state index in [2.05, 4.69) is 32.7 Å². The van der Waals surface area contributed by atoms with Crippen LogP contribution in [0, 0.1) is 0 Å². The largest absolute Gasteiger partial charge is 0.448 e. The molecule has 0 saturated carbocycles. The fraction of sp³-hybridized carbons (Fsp3) is 0.667. The van der Waals surface area contributed by atoms with E-state index in [1.54, 1.807) is 0 Å². The summed E-state index contributed by atoms with van der Waals surface area (Å²) in [4.78, 5) is 4.17. The molecule has 0 N–H and O–H groups in total. The van der Waals surface area contributed by atoms with Crippen molar-refractivity contribution in [3.05, 3.63) is 17.8 Å². The van der Waals surface area contributed by atoms with Crippen molar-refractivity contribution < 1.29 is 4.42 Å². The highest BCUT2D eigenvalue weighted by Crippen LogP contribution is 2.23. The average molecular weight is 153 g/mol. The van der Waals surface area contributed by atoms with Gasteiger partial charge in [0, 0.05) is 5.92 Å². The molecule has 1 aromatic heterocycles. The van der Waals surface area contributed by atoms with Crippen LogP contribution >= 0.6 is 0 Å². The van der Waals surface area contributed by atoms with Gasteiger partial charge in [-0.25, -0.2) is 4.98 Å². The zero-order chi connectivity index (χ0) is 8.43. The molecule has 62 valence electrons. The molecule has 0 aliphatic heterocycles. The van der Waals surface area contributed by atoms with Gasteiger partial charge < -0.3 is 4.42 Å². The Morgan fingerprint density at radius 3 is 2.18 bits per heavy atom. The molecule has 0 radical (unpaired) electrons. The van der Waals surface area contributed by atoms with E-state index >= 15 is 0 Å². The minimum absolute atomic E-state index is 0.440. The number of hydrogen-bond acceptors (Lipinski definition) is 2. The first-order valence-corrected chi connectivity index (χ1v) is 4.06. The lowest BCUT2D eigenvalue weighted by Gasteiger charge is -2.05. The summed E-state index contributed by atoms with van der Waals surface area (Å²) < 4.78 is 5.28. The first-order chi connectivity index (χ1) is 5.13. The van der Waals surface area contributed by atoms with Gasteiger partial charge in [-0.05, 0) is 5.92 Å². The smallest absolute Gasteiger partial charge is 0.181 e. The van der Waals surface area contributed by atoms with Gasteiger partial charge in [-0.15, -0.1) is 0 Å². The summed E-state index contributed by atoms with van der Waals surface area (Å²) in [6.45, 7) is 8.49. The first-order valence-electron chi connectivity index (χ1n) is 4.06. The average Bonchev–Trinajstić information content (AvgIpc) is 2.32. The maximum Gasteiger partial charge on any atom is 0.181 e. The van der Waals surface area contributed by atoms with Gasteiger partial charge in [-0.3, -0.25) is 0 Å². The molecule has 0 amide bonds. The zero-order valence-electron chi connectivity index (χ0n) is 7.59. The van der Waals surface area contributed by atoms with Crippen LogP contribution in [0.25, 0.3) is 0 Å². The van der Waals surface area contributed by atoms with E-state index in [1.807, 2.05) is 0 Å². The van der Waals surface area contributed by atoms with Gasteiger partial charge in [0.1, 0.15) is 5.76 Å². The summed E-state index contributed by atoms with van der Waals surface area (Å²) >= 11 is 0. The fourth-order valence-corrected chi connectivity index (χ4v) is 1.13. The molecule has 1 rings (SSSR count). The molecule has 0 aliphatic carbocycles. The molecule has 1 aromatic rings. The molecule has 0 spiro atoms. The Morgan fingerprint density at radius 2 is 1.82 bits per heavy atom. The van der Waals surface area contributed by atoms with Crippen molar-refractivity contribution in [2.75, 3.05) is 0 Å². The molecule has 0 saturated heterocycles. The van der Waals surface area contributed by atoms with Crippen molar-refractivity contribution in [2.45, 2.75) is 39.5 Å². The normalized spacial score (nSPS) is 11.5. The van der Waals surface area contributed by atoms with E-state index < -0.39 is 0 Å². The predicted octanol–water partition coefficient (Wildman–Crippen LogP) is 2.92. The number of rotatable bonds is 2. The first kappa shape index (κ1) is 8.31. The lowest BCUT2D eigenvalue weighted by atomic mass is 10.0.